The molecule has 1 aromatic heterocycles. The van der Waals surface area contributed by atoms with Crippen molar-refractivity contribution in [3.8, 4) is 17.0 Å². The smallest absolute Gasteiger partial charge is 0.293 e. The van der Waals surface area contributed by atoms with Gasteiger partial charge < -0.3 is 19.9 Å². The summed E-state index contributed by atoms with van der Waals surface area (Å²) in [6.45, 7) is 0.293. The number of fused-ring (bicyclic) bond motifs is 1. The molecule has 0 bridgehead atoms. The van der Waals surface area contributed by atoms with Crippen molar-refractivity contribution in [1.82, 2.24) is 10.1 Å². The first-order valence-electron chi connectivity index (χ1n) is 8.85. The Hall–Kier alpha value is -3.61. The van der Waals surface area contributed by atoms with Crippen molar-refractivity contribution in [2.24, 2.45) is 5.73 Å². The largest absolute Gasteiger partial charge is 0.497 e. The second kappa shape index (κ2) is 7.19. The van der Waals surface area contributed by atoms with Gasteiger partial charge in [-0.25, -0.2) is 0 Å². The molecule has 0 spiro atoms. The van der Waals surface area contributed by atoms with E-state index in [-0.39, 0.29) is 5.76 Å². The average Bonchev–Trinajstić information content (AvgIpc) is 3.22. The minimum atomic E-state index is -0.725. The Bertz CT molecular complexity index is 1030. The van der Waals surface area contributed by atoms with Gasteiger partial charge in [0.2, 0.25) is 11.7 Å². The highest BCUT2D eigenvalue weighted by molar-refractivity contribution is 5.96. The molecule has 2 heterocycles. The van der Waals surface area contributed by atoms with Crippen molar-refractivity contribution in [2.45, 2.75) is 19.0 Å². The molecular formula is C21H19N3O4. The van der Waals surface area contributed by atoms with Gasteiger partial charge in [-0.15, -0.1) is 0 Å². The Morgan fingerprint density at radius 2 is 1.86 bits per heavy atom. The lowest BCUT2D eigenvalue weighted by atomic mass is 9.93. The Balaban J connectivity index is 1.61. The number of nitrogens with two attached hydrogens (primary N) is 1. The van der Waals surface area contributed by atoms with E-state index in [1.165, 1.54) is 4.90 Å². The number of primary amides is 1. The van der Waals surface area contributed by atoms with Crippen LogP contribution >= 0.6 is 0 Å². The third-order valence-corrected chi connectivity index (χ3v) is 4.94. The van der Waals surface area contributed by atoms with E-state index >= 15 is 0 Å². The third kappa shape index (κ3) is 3.22. The number of hydrogen-bond donors (Lipinski definition) is 1. The quantitative estimate of drug-likeness (QED) is 0.753. The van der Waals surface area contributed by atoms with E-state index in [9.17, 15) is 9.59 Å². The maximum absolute atomic E-state index is 13.0. The zero-order chi connectivity index (χ0) is 19.7. The van der Waals surface area contributed by atoms with E-state index in [1.54, 1.807) is 25.3 Å². The summed E-state index contributed by atoms with van der Waals surface area (Å²) >= 11 is 0. The Morgan fingerprint density at radius 3 is 2.54 bits per heavy atom. The second-order valence-corrected chi connectivity index (χ2v) is 6.63. The number of carbonyl (C=O) groups is 2. The molecule has 0 saturated heterocycles. The third-order valence-electron chi connectivity index (χ3n) is 4.94. The van der Waals surface area contributed by atoms with Crippen LogP contribution in [0.2, 0.25) is 0 Å². The van der Waals surface area contributed by atoms with Crippen molar-refractivity contribution in [3.63, 3.8) is 0 Å². The predicted molar refractivity (Wildman–Crippen MR) is 101 cm³/mol. The second-order valence-electron chi connectivity index (χ2n) is 6.63. The summed E-state index contributed by atoms with van der Waals surface area (Å²) in [6, 6.07) is 15.8. The first kappa shape index (κ1) is 17.8. The number of benzene rings is 2. The molecule has 7 heteroatoms. The van der Waals surface area contributed by atoms with Gasteiger partial charge in [0.1, 0.15) is 17.5 Å². The van der Waals surface area contributed by atoms with Crippen molar-refractivity contribution in [3.05, 3.63) is 71.5 Å². The topological polar surface area (TPSA) is 98.7 Å². The van der Waals surface area contributed by atoms with E-state index in [1.807, 2.05) is 36.4 Å². The molecule has 142 valence electrons. The van der Waals surface area contributed by atoms with Crippen LogP contribution in [0.4, 0.5) is 0 Å². The van der Waals surface area contributed by atoms with Crippen LogP contribution in [-0.4, -0.2) is 35.0 Å². The van der Waals surface area contributed by atoms with Crippen LogP contribution in [0.15, 0.2) is 59.1 Å². The number of aromatic nitrogens is 1. The minimum absolute atomic E-state index is 0.0662. The highest BCUT2D eigenvalue weighted by atomic mass is 16.5. The van der Waals surface area contributed by atoms with Crippen molar-refractivity contribution >= 4 is 11.8 Å². The lowest BCUT2D eigenvalue weighted by Gasteiger charge is -2.34. The van der Waals surface area contributed by atoms with Crippen LogP contribution in [0.3, 0.4) is 0 Å². The molecule has 1 aliphatic rings. The molecule has 0 saturated carbocycles. The van der Waals surface area contributed by atoms with E-state index in [0.717, 1.165) is 22.4 Å². The average molecular weight is 377 g/mol. The lowest BCUT2D eigenvalue weighted by molar-refractivity contribution is -0.122. The molecule has 1 atom stereocenters. The van der Waals surface area contributed by atoms with Crippen molar-refractivity contribution < 1.29 is 18.8 Å². The molecular weight excluding hydrogens is 358 g/mol. The maximum atomic E-state index is 13.0. The maximum Gasteiger partial charge on any atom is 0.293 e. The fourth-order valence-electron chi connectivity index (χ4n) is 3.41. The molecule has 3 aromatic rings. The number of carbonyl (C=O) groups excluding carboxylic acids is 2. The summed E-state index contributed by atoms with van der Waals surface area (Å²) in [5, 5.41) is 3.99. The first-order chi connectivity index (χ1) is 13.6. The summed E-state index contributed by atoms with van der Waals surface area (Å²) in [5.41, 5.74) is 8.89. The van der Waals surface area contributed by atoms with Gasteiger partial charge in [0.15, 0.2) is 0 Å². The first-order valence-corrected chi connectivity index (χ1v) is 8.85. The number of ether oxygens (including phenoxy) is 1. The number of nitrogens with zero attached hydrogens (tertiary/aromatic N) is 2. The highest BCUT2D eigenvalue weighted by Crippen LogP contribution is 2.27. The molecule has 1 aliphatic heterocycles. The molecule has 0 aliphatic carbocycles. The van der Waals surface area contributed by atoms with Gasteiger partial charge >= 0.3 is 0 Å². The van der Waals surface area contributed by atoms with Crippen LogP contribution in [0.5, 0.6) is 5.75 Å². The zero-order valence-corrected chi connectivity index (χ0v) is 15.3. The lowest BCUT2D eigenvalue weighted by Crippen LogP contribution is -2.51. The van der Waals surface area contributed by atoms with Gasteiger partial charge in [0, 0.05) is 24.6 Å². The molecule has 0 fully saturated rings. The minimum Gasteiger partial charge on any atom is -0.497 e. The summed E-state index contributed by atoms with van der Waals surface area (Å²) in [4.78, 5) is 26.4. The molecule has 4 rings (SSSR count). The SMILES string of the molecule is COc1ccc(-c2cc(C(=O)N3Cc4ccccc4C[C@H]3C(N)=O)on2)cc1. The molecule has 0 unspecified atom stereocenters. The number of methoxy groups -OCH3 is 1. The van der Waals surface area contributed by atoms with Gasteiger partial charge in [-0.05, 0) is 35.4 Å². The van der Waals surface area contributed by atoms with Crippen molar-refractivity contribution in [2.75, 3.05) is 7.11 Å². The van der Waals surface area contributed by atoms with E-state index in [4.69, 9.17) is 15.0 Å². The standard InChI is InChI=1S/C21H19N3O4/c1-27-16-8-6-13(7-9-16)17-11-19(28-23-17)21(26)24-12-15-5-3-2-4-14(15)10-18(24)20(22)25/h2-9,11,18H,10,12H2,1H3,(H2,22,25)/t18-/m0/s1. The number of amides is 2. The van der Waals surface area contributed by atoms with Gasteiger partial charge in [-0.1, -0.05) is 29.4 Å². The molecule has 7 nitrogen and oxygen atoms in total. The van der Waals surface area contributed by atoms with Crippen LogP contribution in [-0.2, 0) is 17.8 Å². The van der Waals surface area contributed by atoms with E-state index in [2.05, 4.69) is 5.16 Å². The number of rotatable bonds is 4. The summed E-state index contributed by atoms with van der Waals surface area (Å²) < 4.78 is 10.4. The zero-order valence-electron chi connectivity index (χ0n) is 15.3. The molecule has 2 aromatic carbocycles. The van der Waals surface area contributed by atoms with Gasteiger partial charge in [0.05, 0.1) is 7.11 Å². The van der Waals surface area contributed by atoms with Crippen LogP contribution in [0.1, 0.15) is 21.7 Å². The fourth-order valence-corrected chi connectivity index (χ4v) is 3.41. The molecule has 28 heavy (non-hydrogen) atoms. The van der Waals surface area contributed by atoms with Gasteiger partial charge in [0.25, 0.3) is 5.91 Å². The summed E-state index contributed by atoms with van der Waals surface area (Å²) in [5.74, 6) is -0.167. The summed E-state index contributed by atoms with van der Waals surface area (Å²) in [6.07, 6.45) is 0.386. The highest BCUT2D eigenvalue weighted by Gasteiger charge is 2.35. The van der Waals surface area contributed by atoms with Crippen molar-refractivity contribution in [1.29, 1.82) is 0 Å². The Morgan fingerprint density at radius 1 is 1.14 bits per heavy atom. The van der Waals surface area contributed by atoms with Crippen LogP contribution in [0, 0.1) is 0 Å². The van der Waals surface area contributed by atoms with E-state index in [0.29, 0.717) is 18.7 Å². The molecule has 2 amide bonds. The van der Waals surface area contributed by atoms with Gasteiger partial charge in [-0.3, -0.25) is 9.59 Å². The van der Waals surface area contributed by atoms with Crippen LogP contribution < -0.4 is 10.5 Å². The number of hydrogen-bond acceptors (Lipinski definition) is 5. The normalized spacial score (nSPS) is 15.8. The Labute approximate surface area is 161 Å². The predicted octanol–water partition coefficient (Wildman–Crippen LogP) is 2.40. The van der Waals surface area contributed by atoms with Gasteiger partial charge in [-0.2, -0.15) is 0 Å². The Kier molecular flexibility index (Phi) is 4.57. The molecule has 0 radical (unpaired) electrons. The monoisotopic (exact) mass is 377 g/mol. The molecule has 2 N–H and O–H groups in total. The van der Waals surface area contributed by atoms with E-state index < -0.39 is 17.9 Å². The van der Waals surface area contributed by atoms with Crippen LogP contribution in [0.25, 0.3) is 11.3 Å². The fraction of sp³-hybridized carbons (Fsp3) is 0.190. The summed E-state index contributed by atoms with van der Waals surface area (Å²) in [7, 11) is 1.59.